The maximum Gasteiger partial charge on any atom is 0.227 e. The van der Waals surface area contributed by atoms with Gasteiger partial charge in [-0.3, -0.25) is 15.0 Å². The summed E-state index contributed by atoms with van der Waals surface area (Å²) in [6.07, 6.45) is -2.56. The molecule has 0 aliphatic carbocycles. The van der Waals surface area contributed by atoms with Crippen molar-refractivity contribution >= 4 is 22.1 Å². The van der Waals surface area contributed by atoms with Crippen LogP contribution in [0.15, 0.2) is 211 Å². The predicted molar refractivity (Wildman–Crippen MR) is 283 cm³/mol. The van der Waals surface area contributed by atoms with Crippen LogP contribution in [0.4, 0.5) is 0 Å². The Bertz CT molecular complexity index is 4070. The molecular formula is C64H52N4O. The second-order valence-corrected chi connectivity index (χ2v) is 16.9. The van der Waals surface area contributed by atoms with Crippen LogP contribution in [0.5, 0.6) is 0 Å². The van der Waals surface area contributed by atoms with Crippen LogP contribution >= 0.6 is 0 Å². The molecule has 0 fully saturated rings. The minimum absolute atomic E-state index is 0.0102. The Kier molecular flexibility index (Phi) is 8.95. The highest BCUT2D eigenvalue weighted by molar-refractivity contribution is 6.08. The van der Waals surface area contributed by atoms with Gasteiger partial charge in [-0.15, -0.1) is 0 Å². The summed E-state index contributed by atoms with van der Waals surface area (Å²) in [6, 6.07) is 55.6. The highest BCUT2D eigenvalue weighted by Crippen LogP contribution is 2.38. The molecule has 5 nitrogen and oxygen atoms in total. The number of rotatable bonds is 14. The molecule has 0 N–H and O–H groups in total. The minimum atomic E-state index is -2.94. The molecule has 0 aliphatic rings. The molecule has 5 heteroatoms. The molecule has 0 unspecified atom stereocenters. The molecule has 69 heavy (non-hydrogen) atoms. The van der Waals surface area contributed by atoms with Crippen LogP contribution in [-0.4, -0.2) is 19.9 Å². The summed E-state index contributed by atoms with van der Waals surface area (Å²) in [6.45, 7) is -5.13. The van der Waals surface area contributed by atoms with Crippen LogP contribution in [-0.2, 0) is 38.4 Å². The summed E-state index contributed by atoms with van der Waals surface area (Å²) >= 11 is 0. The van der Waals surface area contributed by atoms with E-state index in [9.17, 15) is 8.22 Å². The lowest BCUT2D eigenvalue weighted by atomic mass is 9.90. The van der Waals surface area contributed by atoms with Crippen LogP contribution in [0.3, 0.4) is 0 Å². The monoisotopic (exact) mass is 904 g/mol. The summed E-state index contributed by atoms with van der Waals surface area (Å²) in [5.41, 5.74) is 7.76. The summed E-state index contributed by atoms with van der Waals surface area (Å²) in [5.74, 6) is 0. The summed E-state index contributed by atoms with van der Waals surface area (Å²) in [5, 5.41) is 1.17. The molecule has 334 valence electrons. The molecule has 0 bridgehead atoms. The fourth-order valence-electron chi connectivity index (χ4n) is 8.71. The Balaban J connectivity index is 1.03. The van der Waals surface area contributed by atoms with E-state index in [0.29, 0.717) is 57.0 Å². The molecule has 0 atom stereocenters. The Hall–Kier alpha value is -8.28. The number of furan rings is 1. The van der Waals surface area contributed by atoms with Crippen molar-refractivity contribution in [2.75, 3.05) is 0 Å². The third kappa shape index (κ3) is 9.63. The van der Waals surface area contributed by atoms with Crippen molar-refractivity contribution in [1.29, 1.82) is 0 Å². The van der Waals surface area contributed by atoms with Gasteiger partial charge in [0.25, 0.3) is 0 Å². The van der Waals surface area contributed by atoms with Crippen molar-refractivity contribution in [2.24, 2.45) is 0 Å². The molecule has 5 aromatic heterocycles. The average Bonchev–Trinajstić information content (AvgIpc) is 3.85. The number of hydrogen-bond acceptors (Lipinski definition) is 5. The Morgan fingerprint density at radius 2 is 1.07 bits per heavy atom. The molecule has 0 saturated heterocycles. The van der Waals surface area contributed by atoms with Gasteiger partial charge in [-0.1, -0.05) is 152 Å². The first-order chi connectivity index (χ1) is 38.6. The zero-order valence-electron chi connectivity index (χ0n) is 49.4. The second-order valence-electron chi connectivity index (χ2n) is 16.9. The standard InChI is InChI=1S/C64H52N4O/c1-43-35-53(30-32-55(43)50-13-6-3-7-14-50)59-39-62(58-20-12-19-56-57-31-21-44(2)68-64(57)69-63(56)58)67-42-54(59)29-26-49-37-47(24-22-45-27-33-60(65-40-45)51-15-8-4-9-16-51)36-48(38-49)25-23-46-28-34-61(66-41-46)52-17-10-5-11-18-52/h3-21,27-28,30-42H,22-26,29H2,1-2H3/i1D3,2D3,24D2,26D2,29D2. The molecule has 0 amide bonds. The number of fused-ring (bicyclic) bond motifs is 3. The van der Waals surface area contributed by atoms with E-state index in [4.69, 9.17) is 22.6 Å². The molecule has 11 rings (SSSR count). The van der Waals surface area contributed by atoms with Crippen LogP contribution in [0, 0.1) is 13.7 Å². The maximum atomic E-state index is 10.1. The van der Waals surface area contributed by atoms with Crippen molar-refractivity contribution in [3.63, 3.8) is 0 Å². The third-order valence-corrected chi connectivity index (χ3v) is 12.3. The molecule has 0 aliphatic heterocycles. The molecule has 0 radical (unpaired) electrons. The lowest BCUT2D eigenvalue weighted by molar-refractivity contribution is 0.653. The number of hydrogen-bond donors (Lipinski definition) is 0. The lowest BCUT2D eigenvalue weighted by Crippen LogP contribution is -2.02. The Labute approximate surface area is 421 Å². The SMILES string of the molecule is [2H]C([2H])([2H])c1ccc2c(n1)oc1c(-c3cc(-c4ccc(-c5ccccc5)c(C([2H])([2H])[2H])c4)c(C([2H])([2H])C([2H])([2H])c4cc(CCc5ccc(-c6ccccc6)nc5)cc(C([2H])([2H])Cc5ccc(-c6ccccc6)nc5)c4)cn3)cccc12. The van der Waals surface area contributed by atoms with Crippen molar-refractivity contribution in [3.05, 3.63) is 251 Å². The van der Waals surface area contributed by atoms with Gasteiger partial charge in [0.2, 0.25) is 5.71 Å². The second kappa shape index (κ2) is 19.5. The number of nitrogens with zero attached hydrogens (tertiary/aromatic N) is 4. The minimum Gasteiger partial charge on any atom is -0.437 e. The summed E-state index contributed by atoms with van der Waals surface area (Å²) in [4.78, 5) is 18.5. The normalized spacial score (nSPS) is 15.0. The number of aromatic nitrogens is 4. The quantitative estimate of drug-likeness (QED) is 0.109. The molecule has 11 aromatic rings. The van der Waals surface area contributed by atoms with Gasteiger partial charge in [-0.25, -0.2) is 4.98 Å². The third-order valence-electron chi connectivity index (χ3n) is 12.3. The molecule has 0 spiro atoms. The van der Waals surface area contributed by atoms with Gasteiger partial charge in [0.15, 0.2) is 0 Å². The van der Waals surface area contributed by atoms with Gasteiger partial charge >= 0.3 is 0 Å². The summed E-state index contributed by atoms with van der Waals surface area (Å²) < 4.78 is 116. The van der Waals surface area contributed by atoms with E-state index in [1.54, 1.807) is 91.3 Å². The summed E-state index contributed by atoms with van der Waals surface area (Å²) in [7, 11) is 0. The van der Waals surface area contributed by atoms with Crippen LogP contribution < -0.4 is 0 Å². The van der Waals surface area contributed by atoms with E-state index >= 15 is 0 Å². The van der Waals surface area contributed by atoms with E-state index in [2.05, 4.69) is 9.97 Å². The first kappa shape index (κ1) is 31.6. The van der Waals surface area contributed by atoms with Gasteiger partial charge in [-0.2, -0.15) is 0 Å². The van der Waals surface area contributed by atoms with Crippen LogP contribution in [0.25, 0.3) is 78.1 Å². The van der Waals surface area contributed by atoms with Gasteiger partial charge < -0.3 is 4.42 Å². The smallest absolute Gasteiger partial charge is 0.227 e. The predicted octanol–water partition coefficient (Wildman–Crippen LogP) is 15.5. The van der Waals surface area contributed by atoms with Gasteiger partial charge in [0.1, 0.15) is 5.58 Å². The van der Waals surface area contributed by atoms with Crippen molar-refractivity contribution < 1.29 is 20.9 Å². The zero-order chi connectivity index (χ0) is 56.9. The highest BCUT2D eigenvalue weighted by Gasteiger charge is 2.18. The first-order valence-corrected chi connectivity index (χ1v) is 22.8. The number of para-hydroxylation sites is 1. The van der Waals surface area contributed by atoms with Crippen molar-refractivity contribution in [2.45, 2.75) is 52.1 Å². The van der Waals surface area contributed by atoms with Crippen molar-refractivity contribution in [3.8, 4) is 56.0 Å². The molecular weight excluding hydrogens is 841 g/mol. The number of benzene rings is 6. The topological polar surface area (TPSA) is 64.7 Å². The zero-order valence-corrected chi connectivity index (χ0v) is 37.4. The lowest BCUT2D eigenvalue weighted by Gasteiger charge is -2.15. The molecule has 5 heterocycles. The molecule has 0 saturated carbocycles. The molecule has 6 aromatic carbocycles. The van der Waals surface area contributed by atoms with E-state index < -0.39 is 32.8 Å². The highest BCUT2D eigenvalue weighted by atomic mass is 16.3. The largest absolute Gasteiger partial charge is 0.437 e. The number of pyridine rings is 4. The maximum absolute atomic E-state index is 10.1. The van der Waals surface area contributed by atoms with E-state index in [1.807, 2.05) is 91.0 Å². The van der Waals surface area contributed by atoms with Crippen molar-refractivity contribution in [1.82, 2.24) is 19.9 Å². The fourth-order valence-corrected chi connectivity index (χ4v) is 8.71. The average molecular weight is 905 g/mol. The van der Waals surface area contributed by atoms with E-state index in [0.717, 1.165) is 28.1 Å². The van der Waals surface area contributed by atoms with E-state index in [1.165, 1.54) is 24.4 Å². The van der Waals surface area contributed by atoms with Gasteiger partial charge in [0.05, 0.1) is 17.1 Å². The van der Waals surface area contributed by atoms with E-state index in [-0.39, 0.29) is 56.9 Å². The van der Waals surface area contributed by atoms with Gasteiger partial charge in [0, 0.05) is 68.2 Å². The van der Waals surface area contributed by atoms with Crippen LogP contribution in [0.1, 0.15) is 61.1 Å². The Morgan fingerprint density at radius 1 is 0.420 bits per heavy atom. The fraction of sp³-hybridized carbons (Fsp3) is 0.125. The number of aryl methyl sites for hydroxylation is 8. The van der Waals surface area contributed by atoms with Crippen LogP contribution in [0.2, 0.25) is 0 Å². The van der Waals surface area contributed by atoms with Gasteiger partial charge in [-0.05, 0) is 150 Å². The Morgan fingerprint density at radius 3 is 1.75 bits per heavy atom. The first-order valence-electron chi connectivity index (χ1n) is 28.8.